The highest BCUT2D eigenvalue weighted by atomic mass is 35.5. The lowest BCUT2D eigenvalue weighted by atomic mass is 10.0. The summed E-state index contributed by atoms with van der Waals surface area (Å²) in [5, 5.41) is 0.324. The number of amides is 1. The Bertz CT molecular complexity index is 1100. The lowest BCUT2D eigenvalue weighted by Gasteiger charge is -2.32. The molecule has 1 saturated heterocycles. The number of ether oxygens (including phenoxy) is 1. The molecule has 1 aliphatic heterocycles. The molecule has 0 radical (unpaired) electrons. The number of imidazole rings is 1. The van der Waals surface area contributed by atoms with E-state index in [1.165, 1.54) is 6.20 Å². The Morgan fingerprint density at radius 1 is 1.28 bits per heavy atom. The van der Waals surface area contributed by atoms with Gasteiger partial charge in [0.25, 0.3) is 5.91 Å². The Morgan fingerprint density at radius 3 is 2.69 bits per heavy atom. The highest BCUT2D eigenvalue weighted by molar-refractivity contribution is 6.32. The second-order valence-corrected chi connectivity index (χ2v) is 7.93. The number of benzene rings is 1. The van der Waals surface area contributed by atoms with Crippen LogP contribution in [-0.4, -0.2) is 44.5 Å². The number of nitrogens with zero attached hydrogens (tertiary/aromatic N) is 3. The van der Waals surface area contributed by atoms with Gasteiger partial charge in [0, 0.05) is 25.3 Å². The number of carbonyl (C=O) groups is 1. The van der Waals surface area contributed by atoms with Crippen LogP contribution in [0.2, 0.25) is 5.02 Å². The number of fused-ring (bicyclic) bond motifs is 1. The van der Waals surface area contributed by atoms with Crippen LogP contribution in [-0.2, 0) is 0 Å². The van der Waals surface area contributed by atoms with E-state index in [1.54, 1.807) is 11.0 Å². The number of hydrogen-bond acceptors (Lipinski definition) is 4. The van der Waals surface area contributed by atoms with E-state index >= 15 is 0 Å². The smallest absolute Gasteiger partial charge is 0.326 e. The van der Waals surface area contributed by atoms with Crippen LogP contribution >= 0.6 is 11.6 Å². The number of carbonyl (C=O) groups excluding carboxylic acids is 1. The molecule has 1 amide bonds. The van der Waals surface area contributed by atoms with E-state index in [2.05, 4.69) is 9.97 Å². The Labute approximate surface area is 173 Å². The molecule has 2 aromatic heterocycles. The number of aromatic amines is 1. The molecule has 1 N–H and O–H groups in total. The molecule has 0 bridgehead atoms. The maximum absolute atomic E-state index is 12.9. The predicted molar refractivity (Wildman–Crippen MR) is 112 cm³/mol. The second kappa shape index (κ2) is 7.91. The van der Waals surface area contributed by atoms with Crippen LogP contribution in [0, 0.1) is 0 Å². The molecular formula is C21H23ClN4O3. The Kier molecular flexibility index (Phi) is 5.32. The Morgan fingerprint density at radius 2 is 2.00 bits per heavy atom. The Balaban J connectivity index is 1.47. The normalized spacial score (nSPS) is 15.2. The molecule has 3 heterocycles. The minimum Gasteiger partial charge on any atom is -0.474 e. The fourth-order valence-corrected chi connectivity index (χ4v) is 4.01. The first-order valence-corrected chi connectivity index (χ1v) is 10.1. The van der Waals surface area contributed by atoms with Crippen molar-refractivity contribution < 1.29 is 9.53 Å². The van der Waals surface area contributed by atoms with Crippen molar-refractivity contribution in [1.29, 1.82) is 0 Å². The van der Waals surface area contributed by atoms with E-state index in [-0.39, 0.29) is 23.7 Å². The molecule has 152 valence electrons. The minimum absolute atomic E-state index is 0.0477. The molecule has 0 saturated carbocycles. The maximum atomic E-state index is 12.9. The molecule has 0 atom stereocenters. The summed E-state index contributed by atoms with van der Waals surface area (Å²) in [6, 6.07) is 9.33. The van der Waals surface area contributed by atoms with Crippen molar-refractivity contribution in [2.24, 2.45) is 0 Å². The van der Waals surface area contributed by atoms with Gasteiger partial charge in [-0.15, -0.1) is 0 Å². The van der Waals surface area contributed by atoms with Crippen LogP contribution in [0.15, 0.2) is 41.3 Å². The van der Waals surface area contributed by atoms with E-state index in [1.807, 2.05) is 42.7 Å². The van der Waals surface area contributed by atoms with Gasteiger partial charge in [-0.3, -0.25) is 9.36 Å². The molecular weight excluding hydrogens is 392 g/mol. The first-order chi connectivity index (χ1) is 13.9. The molecule has 29 heavy (non-hydrogen) atoms. The lowest BCUT2D eigenvalue weighted by molar-refractivity contribution is 0.0694. The van der Waals surface area contributed by atoms with E-state index < -0.39 is 0 Å². The van der Waals surface area contributed by atoms with E-state index in [0.717, 1.165) is 11.0 Å². The van der Waals surface area contributed by atoms with Crippen LogP contribution in [0.5, 0.6) is 5.88 Å². The molecule has 0 unspecified atom stereocenters. The highest BCUT2D eigenvalue weighted by Crippen LogP contribution is 2.27. The minimum atomic E-state index is -0.111. The number of halogens is 1. The third kappa shape index (κ3) is 3.87. The zero-order chi connectivity index (χ0) is 20.5. The van der Waals surface area contributed by atoms with Gasteiger partial charge in [-0.2, -0.15) is 0 Å². The first kappa shape index (κ1) is 19.5. The van der Waals surface area contributed by atoms with Crippen molar-refractivity contribution in [3.05, 3.63) is 57.6 Å². The summed E-state index contributed by atoms with van der Waals surface area (Å²) in [4.78, 5) is 34.2. The summed E-state index contributed by atoms with van der Waals surface area (Å²) >= 11 is 6.22. The molecule has 8 heteroatoms. The monoisotopic (exact) mass is 414 g/mol. The fraction of sp³-hybridized carbons (Fsp3) is 0.381. The number of likely N-dealkylation sites (tertiary alicyclic amines) is 1. The quantitative estimate of drug-likeness (QED) is 0.706. The number of para-hydroxylation sites is 2. The van der Waals surface area contributed by atoms with Gasteiger partial charge in [0.15, 0.2) is 0 Å². The summed E-state index contributed by atoms with van der Waals surface area (Å²) in [5.74, 6) is 0.218. The second-order valence-electron chi connectivity index (χ2n) is 7.52. The van der Waals surface area contributed by atoms with Gasteiger partial charge in [-0.25, -0.2) is 9.78 Å². The van der Waals surface area contributed by atoms with Crippen molar-refractivity contribution in [1.82, 2.24) is 19.4 Å². The largest absolute Gasteiger partial charge is 0.474 e. The third-order valence-electron chi connectivity index (χ3n) is 5.14. The van der Waals surface area contributed by atoms with Crippen LogP contribution < -0.4 is 10.4 Å². The number of nitrogens with one attached hydrogen (secondary N) is 1. The summed E-state index contributed by atoms with van der Waals surface area (Å²) in [5.41, 5.74) is 2.07. The molecule has 4 rings (SSSR count). The van der Waals surface area contributed by atoms with Crippen molar-refractivity contribution in [2.75, 3.05) is 13.1 Å². The molecule has 1 aliphatic rings. The zero-order valence-corrected chi connectivity index (χ0v) is 17.1. The van der Waals surface area contributed by atoms with Gasteiger partial charge in [0.05, 0.1) is 22.7 Å². The molecule has 7 nitrogen and oxygen atoms in total. The topological polar surface area (TPSA) is 80.2 Å². The molecule has 1 aromatic carbocycles. The standard InChI is InChI=1S/C21H23ClN4O3/c1-13(2)29-19-16(22)11-14(12-23-19)20(27)25-9-7-15(8-10-25)26-18-6-4-3-5-17(18)24-21(26)28/h3-6,11-13,15H,7-10H2,1-2H3,(H,24,28). The number of H-pyrrole nitrogens is 1. The summed E-state index contributed by atoms with van der Waals surface area (Å²) in [7, 11) is 0. The van der Waals surface area contributed by atoms with Gasteiger partial charge in [-0.1, -0.05) is 23.7 Å². The highest BCUT2D eigenvalue weighted by Gasteiger charge is 2.27. The number of pyridine rings is 1. The van der Waals surface area contributed by atoms with Gasteiger partial charge in [0.2, 0.25) is 5.88 Å². The van der Waals surface area contributed by atoms with Crippen LogP contribution in [0.25, 0.3) is 11.0 Å². The number of hydrogen-bond donors (Lipinski definition) is 1. The molecule has 1 fully saturated rings. The van der Waals surface area contributed by atoms with Crippen molar-refractivity contribution in [2.45, 2.75) is 38.8 Å². The number of rotatable bonds is 4. The van der Waals surface area contributed by atoms with Crippen molar-refractivity contribution in [3.8, 4) is 5.88 Å². The predicted octanol–water partition coefficient (Wildman–Crippen LogP) is 3.64. The van der Waals surface area contributed by atoms with Gasteiger partial charge in [0.1, 0.15) is 5.02 Å². The van der Waals surface area contributed by atoms with Crippen molar-refractivity contribution >= 4 is 28.5 Å². The van der Waals surface area contributed by atoms with Crippen LogP contribution in [0.1, 0.15) is 43.1 Å². The Hall–Kier alpha value is -2.80. The zero-order valence-electron chi connectivity index (χ0n) is 16.4. The van der Waals surface area contributed by atoms with Crippen LogP contribution in [0.3, 0.4) is 0 Å². The van der Waals surface area contributed by atoms with E-state index in [0.29, 0.717) is 42.4 Å². The van der Waals surface area contributed by atoms with Gasteiger partial charge in [-0.05, 0) is 44.9 Å². The third-order valence-corrected chi connectivity index (χ3v) is 5.41. The fourth-order valence-electron chi connectivity index (χ4n) is 3.80. The maximum Gasteiger partial charge on any atom is 0.326 e. The van der Waals surface area contributed by atoms with Crippen molar-refractivity contribution in [3.63, 3.8) is 0 Å². The average Bonchev–Trinajstić information content (AvgIpc) is 3.04. The number of piperidine rings is 1. The summed E-state index contributed by atoms with van der Waals surface area (Å²) in [6.45, 7) is 4.91. The molecule has 0 spiro atoms. The van der Waals surface area contributed by atoms with E-state index in [4.69, 9.17) is 16.3 Å². The number of aromatic nitrogens is 3. The average molecular weight is 415 g/mol. The molecule has 3 aromatic rings. The lowest BCUT2D eigenvalue weighted by Crippen LogP contribution is -2.40. The van der Waals surface area contributed by atoms with E-state index in [9.17, 15) is 9.59 Å². The molecule has 0 aliphatic carbocycles. The summed E-state index contributed by atoms with van der Waals surface area (Å²) in [6.07, 6.45) is 2.88. The SMILES string of the molecule is CC(C)Oc1ncc(C(=O)N2CCC(n3c(=O)[nH]c4ccccc43)CC2)cc1Cl. The van der Waals surface area contributed by atoms with Gasteiger partial charge < -0.3 is 14.6 Å². The van der Waals surface area contributed by atoms with Crippen LogP contribution in [0.4, 0.5) is 0 Å². The first-order valence-electron chi connectivity index (χ1n) is 9.74. The van der Waals surface area contributed by atoms with Gasteiger partial charge >= 0.3 is 5.69 Å². The summed E-state index contributed by atoms with van der Waals surface area (Å²) < 4.78 is 7.34.